The van der Waals surface area contributed by atoms with Crippen molar-refractivity contribution in [2.24, 2.45) is 0 Å². The smallest absolute Gasteiger partial charge is 0.490 e. The molecular formula is C25H23ClF3NO8. The van der Waals surface area contributed by atoms with Gasteiger partial charge < -0.3 is 29.4 Å². The average molecular weight is 558 g/mol. The average Bonchev–Trinajstić information content (AvgIpc) is 2.79. The van der Waals surface area contributed by atoms with Crippen LogP contribution >= 0.6 is 11.6 Å². The first-order valence-corrected chi connectivity index (χ1v) is 11.5. The third-order valence-corrected chi connectivity index (χ3v) is 6.16. The van der Waals surface area contributed by atoms with Gasteiger partial charge in [0.15, 0.2) is 5.43 Å². The van der Waals surface area contributed by atoms with E-state index in [4.69, 9.17) is 30.7 Å². The quantitative estimate of drug-likeness (QED) is 0.397. The number of carboxylic acid groups (broad SMARTS) is 1. The Labute approximate surface area is 218 Å². The number of ether oxygens (including phenoxy) is 1. The normalized spacial score (nSPS) is 17.9. The zero-order valence-corrected chi connectivity index (χ0v) is 20.8. The van der Waals surface area contributed by atoms with Gasteiger partial charge in [0.1, 0.15) is 34.3 Å². The second kappa shape index (κ2) is 11.3. The number of aliphatic carboxylic acids is 1. The lowest BCUT2D eigenvalue weighted by Gasteiger charge is -2.36. The fourth-order valence-corrected chi connectivity index (χ4v) is 4.44. The highest BCUT2D eigenvalue weighted by molar-refractivity contribution is 6.33. The molecule has 2 heterocycles. The van der Waals surface area contributed by atoms with Crippen LogP contribution in [-0.2, 0) is 14.3 Å². The Morgan fingerprint density at radius 1 is 1.16 bits per heavy atom. The van der Waals surface area contributed by atoms with Crippen molar-refractivity contribution in [3.05, 3.63) is 57.2 Å². The second-order valence-corrected chi connectivity index (χ2v) is 9.00. The summed E-state index contributed by atoms with van der Waals surface area (Å²) in [5.41, 5.74) is 0.438. The lowest BCUT2D eigenvalue weighted by Crippen LogP contribution is -2.43. The third-order valence-electron chi connectivity index (χ3n) is 5.83. The van der Waals surface area contributed by atoms with Gasteiger partial charge in [-0.25, -0.2) is 4.79 Å². The maximum Gasteiger partial charge on any atom is 0.490 e. The van der Waals surface area contributed by atoms with Crippen molar-refractivity contribution in [1.82, 2.24) is 4.90 Å². The topological polar surface area (TPSA) is 138 Å². The molecule has 1 aliphatic rings. The number of aromatic hydroxyl groups is 2. The van der Waals surface area contributed by atoms with E-state index in [2.05, 4.69) is 0 Å². The molecule has 0 spiro atoms. The van der Waals surface area contributed by atoms with Gasteiger partial charge in [-0.3, -0.25) is 9.59 Å². The number of hydrogen-bond donors (Lipinski definition) is 3. The summed E-state index contributed by atoms with van der Waals surface area (Å²) in [5.74, 6) is -4.01. The Morgan fingerprint density at radius 2 is 1.79 bits per heavy atom. The van der Waals surface area contributed by atoms with Gasteiger partial charge in [0.05, 0.1) is 5.02 Å². The number of nitrogens with zero attached hydrogens (tertiary/aromatic N) is 1. The van der Waals surface area contributed by atoms with Crippen LogP contribution in [-0.4, -0.2) is 64.6 Å². The van der Waals surface area contributed by atoms with E-state index in [0.29, 0.717) is 35.7 Å². The standard InChI is InChI=1S/C23H22ClNO6.C2HF3O2/c1-12(26)30-20-11-25(2)8-7-14(20)21-16(27)9-17(28)22-18(29)10-19(31-23(21)22)13-5-3-4-6-15(13)24;3-2(4,5)1(6)7/h3-6,9-10,14,20,27-28H,7-8,11H2,1-2H3;(H,6,7)/t14-,20+;/m0./s1. The number of phenolic OH excluding ortho intramolecular Hbond substituents is 2. The fraction of sp³-hybridized carbons (Fsp3) is 0.320. The summed E-state index contributed by atoms with van der Waals surface area (Å²) in [6.07, 6.45) is -5.08. The molecule has 0 bridgehead atoms. The molecule has 1 aromatic heterocycles. The Bertz CT molecular complexity index is 1420. The van der Waals surface area contributed by atoms with Gasteiger partial charge in [-0.1, -0.05) is 23.7 Å². The number of halogens is 4. The van der Waals surface area contributed by atoms with Crippen LogP contribution in [0.4, 0.5) is 13.2 Å². The molecule has 38 heavy (non-hydrogen) atoms. The van der Waals surface area contributed by atoms with E-state index >= 15 is 0 Å². The monoisotopic (exact) mass is 557 g/mol. The number of carbonyl (C=O) groups excluding carboxylic acids is 1. The number of rotatable bonds is 3. The highest BCUT2D eigenvalue weighted by Crippen LogP contribution is 2.43. The van der Waals surface area contributed by atoms with Gasteiger partial charge in [-0.05, 0) is 32.1 Å². The van der Waals surface area contributed by atoms with Crippen LogP contribution in [0.25, 0.3) is 22.3 Å². The zero-order chi connectivity index (χ0) is 28.4. The molecule has 2 atom stereocenters. The second-order valence-electron chi connectivity index (χ2n) is 8.60. The molecular weight excluding hydrogens is 535 g/mol. The minimum absolute atomic E-state index is 0.0379. The number of piperidine rings is 1. The molecule has 0 radical (unpaired) electrons. The number of likely N-dealkylation sites (N-methyl/N-ethyl adjacent to an activating group) is 1. The Morgan fingerprint density at radius 3 is 2.37 bits per heavy atom. The number of phenols is 2. The predicted molar refractivity (Wildman–Crippen MR) is 130 cm³/mol. The van der Waals surface area contributed by atoms with E-state index in [1.165, 1.54) is 13.0 Å². The Hall–Kier alpha value is -3.77. The van der Waals surface area contributed by atoms with E-state index in [1.54, 1.807) is 24.3 Å². The SMILES string of the molecule is CC(=O)O[C@@H]1CN(C)CC[C@@H]1c1c(O)cc(O)c2c(=O)cc(-c3ccccc3Cl)oc12.O=C(O)C(F)(F)F. The van der Waals surface area contributed by atoms with E-state index in [0.717, 1.165) is 6.07 Å². The van der Waals surface area contributed by atoms with Crippen LogP contribution in [0.15, 0.2) is 45.6 Å². The molecule has 3 N–H and O–H groups in total. The first-order valence-electron chi connectivity index (χ1n) is 11.1. The molecule has 2 aromatic carbocycles. The van der Waals surface area contributed by atoms with Gasteiger partial charge >= 0.3 is 18.1 Å². The molecule has 0 saturated carbocycles. The summed E-state index contributed by atoms with van der Waals surface area (Å²) < 4.78 is 43.3. The predicted octanol–water partition coefficient (Wildman–Crippen LogP) is 4.51. The molecule has 9 nitrogen and oxygen atoms in total. The van der Waals surface area contributed by atoms with Crippen LogP contribution in [0, 0.1) is 0 Å². The van der Waals surface area contributed by atoms with Gasteiger partial charge in [0.2, 0.25) is 0 Å². The zero-order valence-electron chi connectivity index (χ0n) is 20.1. The lowest BCUT2D eigenvalue weighted by atomic mass is 9.85. The van der Waals surface area contributed by atoms with Crippen molar-refractivity contribution in [2.75, 3.05) is 20.1 Å². The third kappa shape index (κ3) is 6.37. The van der Waals surface area contributed by atoms with E-state index in [1.807, 2.05) is 11.9 Å². The molecule has 4 rings (SSSR count). The number of benzene rings is 2. The number of esters is 1. The van der Waals surface area contributed by atoms with Crippen LogP contribution in [0.3, 0.4) is 0 Å². The first-order chi connectivity index (χ1) is 17.7. The largest absolute Gasteiger partial charge is 0.507 e. The Balaban J connectivity index is 0.000000505. The summed E-state index contributed by atoms with van der Waals surface area (Å²) in [5, 5.41) is 28.6. The molecule has 1 fully saturated rings. The van der Waals surface area contributed by atoms with E-state index < -0.39 is 35.6 Å². The molecule has 13 heteroatoms. The number of carbonyl (C=O) groups is 2. The number of fused-ring (bicyclic) bond motifs is 1. The van der Waals surface area contributed by atoms with Crippen molar-refractivity contribution < 1.29 is 47.2 Å². The number of likely N-dealkylation sites (tertiary alicyclic amines) is 1. The fourth-order valence-electron chi connectivity index (χ4n) is 4.21. The van der Waals surface area contributed by atoms with E-state index in [9.17, 15) is 33.0 Å². The van der Waals surface area contributed by atoms with E-state index in [-0.39, 0.29) is 28.2 Å². The maximum absolute atomic E-state index is 12.9. The maximum atomic E-state index is 12.9. The van der Waals surface area contributed by atoms with Crippen molar-refractivity contribution in [3.8, 4) is 22.8 Å². The minimum Gasteiger partial charge on any atom is -0.507 e. The van der Waals surface area contributed by atoms with Crippen LogP contribution in [0.2, 0.25) is 5.02 Å². The van der Waals surface area contributed by atoms with Crippen molar-refractivity contribution in [1.29, 1.82) is 0 Å². The summed E-state index contributed by atoms with van der Waals surface area (Å²) in [7, 11) is 1.91. The summed E-state index contributed by atoms with van der Waals surface area (Å²) >= 11 is 6.29. The van der Waals surface area contributed by atoms with Gasteiger partial charge in [0, 0.05) is 42.6 Å². The molecule has 1 saturated heterocycles. The summed E-state index contributed by atoms with van der Waals surface area (Å²) in [6, 6.07) is 9.31. The number of carboxylic acids is 1. The number of alkyl halides is 3. The summed E-state index contributed by atoms with van der Waals surface area (Å²) in [6.45, 7) is 2.48. The van der Waals surface area contributed by atoms with Gasteiger partial charge in [0.25, 0.3) is 0 Å². The molecule has 204 valence electrons. The minimum atomic E-state index is -5.08. The first kappa shape index (κ1) is 28.8. The Kier molecular flexibility index (Phi) is 8.58. The van der Waals surface area contributed by atoms with Gasteiger partial charge in [-0.2, -0.15) is 13.2 Å². The summed E-state index contributed by atoms with van der Waals surface area (Å²) in [4.78, 5) is 35.5. The van der Waals surface area contributed by atoms with Crippen molar-refractivity contribution >= 4 is 34.5 Å². The van der Waals surface area contributed by atoms with Crippen LogP contribution in [0.1, 0.15) is 24.8 Å². The highest BCUT2D eigenvalue weighted by atomic mass is 35.5. The molecule has 1 aliphatic heterocycles. The van der Waals surface area contributed by atoms with Crippen LogP contribution < -0.4 is 5.43 Å². The van der Waals surface area contributed by atoms with Crippen LogP contribution in [0.5, 0.6) is 11.5 Å². The molecule has 3 aromatic rings. The molecule has 0 unspecified atom stereocenters. The number of hydrogen-bond acceptors (Lipinski definition) is 8. The van der Waals surface area contributed by atoms with Crippen molar-refractivity contribution in [3.63, 3.8) is 0 Å². The molecule has 0 aliphatic carbocycles. The lowest BCUT2D eigenvalue weighted by molar-refractivity contribution is -0.192. The van der Waals surface area contributed by atoms with Gasteiger partial charge in [-0.15, -0.1) is 0 Å². The van der Waals surface area contributed by atoms with Crippen molar-refractivity contribution in [2.45, 2.75) is 31.5 Å². The molecule has 0 amide bonds. The highest BCUT2D eigenvalue weighted by Gasteiger charge is 2.38.